The molecule has 0 amide bonds. The van der Waals surface area contributed by atoms with Gasteiger partial charge in [0, 0.05) is 10.9 Å². The Kier molecular flexibility index (Phi) is 4.08. The Hall–Kier alpha value is -0.410. The molecule has 0 spiro atoms. The summed E-state index contributed by atoms with van der Waals surface area (Å²) in [5.41, 5.74) is 1.53. The second-order valence-corrected chi connectivity index (χ2v) is 6.73. The first-order chi connectivity index (χ1) is 8.77. The summed E-state index contributed by atoms with van der Waals surface area (Å²) in [4.78, 5) is 0. The van der Waals surface area contributed by atoms with Crippen molar-refractivity contribution in [3.8, 4) is 0 Å². The molecule has 0 saturated carbocycles. The van der Waals surface area contributed by atoms with E-state index in [1.807, 2.05) is 7.05 Å². The van der Waals surface area contributed by atoms with E-state index in [1.54, 1.807) is 6.07 Å². The van der Waals surface area contributed by atoms with Gasteiger partial charge in [-0.05, 0) is 18.5 Å². The summed E-state index contributed by atoms with van der Waals surface area (Å²) in [6.45, 7) is 6.95. The van der Waals surface area contributed by atoms with Gasteiger partial charge < -0.3 is 9.73 Å². The summed E-state index contributed by atoms with van der Waals surface area (Å²) in [5.74, 6) is 0.844. The molecule has 0 bridgehead atoms. The fourth-order valence-electron chi connectivity index (χ4n) is 2.29. The van der Waals surface area contributed by atoms with E-state index in [4.69, 9.17) is 39.2 Å². The summed E-state index contributed by atoms with van der Waals surface area (Å²) in [7, 11) is 1.87. The van der Waals surface area contributed by atoms with Gasteiger partial charge in [-0.15, -0.1) is 0 Å². The van der Waals surface area contributed by atoms with Gasteiger partial charge in [0.25, 0.3) is 0 Å². The van der Waals surface area contributed by atoms with Crippen LogP contribution in [0.15, 0.2) is 10.5 Å². The van der Waals surface area contributed by atoms with Gasteiger partial charge in [0.2, 0.25) is 0 Å². The zero-order chi connectivity index (χ0) is 14.4. The quantitative estimate of drug-likeness (QED) is 0.748. The van der Waals surface area contributed by atoms with E-state index in [1.165, 1.54) is 0 Å². The van der Waals surface area contributed by atoms with Crippen molar-refractivity contribution in [3.63, 3.8) is 0 Å². The maximum Gasteiger partial charge on any atom is 0.154 e. The molecule has 104 valence electrons. The fourth-order valence-corrected chi connectivity index (χ4v) is 3.03. The number of furan rings is 1. The van der Waals surface area contributed by atoms with E-state index < -0.39 is 0 Å². The molecular weight excluding hydrogens is 305 g/mol. The fraction of sp³-hybridized carbons (Fsp3) is 0.429. The molecule has 2 nitrogen and oxygen atoms in total. The molecule has 1 aromatic carbocycles. The van der Waals surface area contributed by atoms with E-state index in [9.17, 15) is 0 Å². The van der Waals surface area contributed by atoms with Gasteiger partial charge in [-0.1, -0.05) is 55.6 Å². The molecule has 1 heterocycles. The zero-order valence-electron chi connectivity index (χ0n) is 11.3. The number of nitrogens with one attached hydrogen (secondary N) is 1. The minimum Gasteiger partial charge on any atom is -0.458 e. The molecule has 1 aromatic heterocycles. The molecule has 0 atom stereocenters. The van der Waals surface area contributed by atoms with E-state index in [-0.39, 0.29) is 5.41 Å². The molecular formula is C14H16Cl3NO. The van der Waals surface area contributed by atoms with Gasteiger partial charge in [0.15, 0.2) is 5.58 Å². The Labute approximate surface area is 128 Å². The van der Waals surface area contributed by atoms with Crippen LogP contribution in [0.2, 0.25) is 15.1 Å². The molecule has 0 aliphatic heterocycles. The predicted octanol–water partition coefficient (Wildman–Crippen LogP) is 5.41. The Balaban J connectivity index is 2.91. The molecule has 0 fully saturated rings. The Bertz CT molecular complexity index is 626. The topological polar surface area (TPSA) is 25.2 Å². The smallest absolute Gasteiger partial charge is 0.154 e. The minimum absolute atomic E-state index is 0.116. The highest BCUT2D eigenvalue weighted by Crippen LogP contribution is 2.44. The zero-order valence-corrected chi connectivity index (χ0v) is 13.6. The van der Waals surface area contributed by atoms with Crippen molar-refractivity contribution >= 4 is 45.8 Å². The molecule has 0 radical (unpaired) electrons. The average molecular weight is 321 g/mol. The van der Waals surface area contributed by atoms with Crippen LogP contribution < -0.4 is 5.32 Å². The van der Waals surface area contributed by atoms with Crippen LogP contribution >= 0.6 is 34.8 Å². The molecule has 0 unspecified atom stereocenters. The molecule has 1 N–H and O–H groups in total. The van der Waals surface area contributed by atoms with Gasteiger partial charge in [-0.3, -0.25) is 0 Å². The van der Waals surface area contributed by atoms with Crippen molar-refractivity contribution in [2.24, 2.45) is 0 Å². The van der Waals surface area contributed by atoms with Gasteiger partial charge in [0.05, 0.1) is 21.6 Å². The van der Waals surface area contributed by atoms with E-state index in [0.717, 1.165) is 16.7 Å². The third kappa shape index (κ3) is 2.59. The lowest BCUT2D eigenvalue weighted by Gasteiger charge is -2.19. The highest BCUT2D eigenvalue weighted by Gasteiger charge is 2.28. The van der Waals surface area contributed by atoms with Crippen molar-refractivity contribution in [1.82, 2.24) is 5.32 Å². The number of rotatable bonds is 2. The monoisotopic (exact) mass is 319 g/mol. The number of halogens is 3. The lowest BCUT2D eigenvalue weighted by Crippen LogP contribution is -2.16. The van der Waals surface area contributed by atoms with Crippen LogP contribution in [-0.2, 0) is 12.0 Å². The first-order valence-corrected chi connectivity index (χ1v) is 7.14. The molecule has 0 saturated heterocycles. The average Bonchev–Trinajstić information content (AvgIpc) is 2.66. The Morgan fingerprint density at radius 3 is 2.32 bits per heavy atom. The summed E-state index contributed by atoms with van der Waals surface area (Å²) in [6, 6.07) is 1.62. The molecule has 2 rings (SSSR count). The summed E-state index contributed by atoms with van der Waals surface area (Å²) in [5, 5.41) is 5.34. The van der Waals surface area contributed by atoms with Crippen LogP contribution in [0.1, 0.15) is 32.1 Å². The second-order valence-electron chi connectivity index (χ2n) is 5.54. The Morgan fingerprint density at radius 1 is 1.16 bits per heavy atom. The summed E-state index contributed by atoms with van der Waals surface area (Å²) < 4.78 is 5.90. The number of benzene rings is 1. The van der Waals surface area contributed by atoms with Crippen LogP contribution in [-0.4, -0.2) is 7.05 Å². The molecule has 2 aromatic rings. The maximum absolute atomic E-state index is 6.35. The van der Waals surface area contributed by atoms with Gasteiger partial charge in [-0.2, -0.15) is 0 Å². The van der Waals surface area contributed by atoms with Crippen LogP contribution in [0.4, 0.5) is 0 Å². The molecule has 0 aliphatic carbocycles. The minimum atomic E-state index is -0.116. The van der Waals surface area contributed by atoms with Crippen molar-refractivity contribution in [1.29, 1.82) is 0 Å². The summed E-state index contributed by atoms with van der Waals surface area (Å²) >= 11 is 18.7. The SMILES string of the molecule is CNCc1oc2c(Cl)cc(Cl)c(Cl)c2c1C(C)(C)C. The van der Waals surface area contributed by atoms with E-state index in [2.05, 4.69) is 26.1 Å². The van der Waals surface area contributed by atoms with Crippen molar-refractivity contribution in [3.05, 3.63) is 32.5 Å². The van der Waals surface area contributed by atoms with Crippen LogP contribution in [0, 0.1) is 0 Å². The maximum atomic E-state index is 6.35. The van der Waals surface area contributed by atoms with Crippen LogP contribution in [0.5, 0.6) is 0 Å². The second kappa shape index (κ2) is 5.17. The lowest BCUT2D eigenvalue weighted by atomic mass is 9.84. The van der Waals surface area contributed by atoms with Gasteiger partial charge >= 0.3 is 0 Å². The first kappa shape index (κ1) is 15.0. The highest BCUT2D eigenvalue weighted by atomic mass is 35.5. The number of hydrogen-bond donors (Lipinski definition) is 1. The van der Waals surface area contributed by atoms with Gasteiger partial charge in [0.1, 0.15) is 5.76 Å². The summed E-state index contributed by atoms with van der Waals surface area (Å²) in [6.07, 6.45) is 0. The van der Waals surface area contributed by atoms with Gasteiger partial charge in [-0.25, -0.2) is 0 Å². The largest absolute Gasteiger partial charge is 0.458 e. The van der Waals surface area contributed by atoms with E-state index in [0.29, 0.717) is 27.2 Å². The normalized spacial score (nSPS) is 12.4. The highest BCUT2D eigenvalue weighted by molar-refractivity contribution is 6.47. The third-order valence-corrected chi connectivity index (χ3v) is 4.04. The first-order valence-electron chi connectivity index (χ1n) is 6.01. The third-order valence-electron chi connectivity index (χ3n) is 2.97. The Morgan fingerprint density at radius 2 is 1.79 bits per heavy atom. The standard InChI is InChI=1S/C14H16Cl3NO/c1-14(2,3)11-9(6-18-4)19-13-8(16)5-7(15)12(17)10(11)13/h5,18H,6H2,1-4H3. The van der Waals surface area contributed by atoms with Crippen LogP contribution in [0.25, 0.3) is 11.0 Å². The number of fused-ring (bicyclic) bond motifs is 1. The molecule has 5 heteroatoms. The predicted molar refractivity (Wildman–Crippen MR) is 82.7 cm³/mol. The van der Waals surface area contributed by atoms with Crippen molar-refractivity contribution in [2.45, 2.75) is 32.7 Å². The number of hydrogen-bond acceptors (Lipinski definition) is 2. The van der Waals surface area contributed by atoms with E-state index >= 15 is 0 Å². The van der Waals surface area contributed by atoms with Crippen LogP contribution in [0.3, 0.4) is 0 Å². The molecule has 19 heavy (non-hydrogen) atoms. The van der Waals surface area contributed by atoms with Crippen molar-refractivity contribution in [2.75, 3.05) is 7.05 Å². The lowest BCUT2D eigenvalue weighted by molar-refractivity contribution is 0.495. The molecule has 0 aliphatic rings. The van der Waals surface area contributed by atoms with Crippen molar-refractivity contribution < 1.29 is 4.42 Å².